The second-order valence-corrected chi connectivity index (χ2v) is 7.54. The molecule has 3 N–H and O–H groups in total. The van der Waals surface area contributed by atoms with Crippen LogP contribution in [0, 0.1) is 32.6 Å². The van der Waals surface area contributed by atoms with Crippen molar-refractivity contribution in [3.63, 3.8) is 0 Å². The van der Waals surface area contributed by atoms with E-state index in [-0.39, 0.29) is 11.9 Å². The Morgan fingerprint density at radius 2 is 1.78 bits per heavy atom. The first-order chi connectivity index (χ1) is 15.4. The van der Waals surface area contributed by atoms with Crippen molar-refractivity contribution < 1.29 is 4.79 Å². The number of anilines is 2. The van der Waals surface area contributed by atoms with Crippen molar-refractivity contribution in [2.75, 3.05) is 11.1 Å². The number of nitrogens with one attached hydrogen (secondary N) is 1. The van der Waals surface area contributed by atoms with Crippen molar-refractivity contribution in [3.05, 3.63) is 94.8 Å². The van der Waals surface area contributed by atoms with Gasteiger partial charge in [-0.05, 0) is 62.2 Å². The van der Waals surface area contributed by atoms with E-state index in [2.05, 4.69) is 32.1 Å². The Morgan fingerprint density at radius 1 is 1.00 bits per heavy atom. The summed E-state index contributed by atoms with van der Waals surface area (Å²) in [5.41, 5.74) is 12.0. The Balaban J connectivity index is 1.57. The molecule has 0 saturated carbocycles. The highest BCUT2D eigenvalue weighted by molar-refractivity contribution is 6.04. The molecule has 0 radical (unpaired) electrons. The standard InChI is InChI=1S/C25H22N6O/c1-16-8-22(11-23(9-16)31-14-18(3)29-15-31)30-24(32)21-6-4-17(2)20(10-21)7-5-19-12-27-25(26)28-13-19/h4,6,8-15H,1-3H3,(H,30,32)(H2,26,27,28). The minimum absolute atomic E-state index is 0.202. The van der Waals surface area contributed by atoms with E-state index in [0.29, 0.717) is 16.8 Å². The minimum Gasteiger partial charge on any atom is -0.368 e. The lowest BCUT2D eigenvalue weighted by Gasteiger charge is -2.11. The van der Waals surface area contributed by atoms with E-state index in [0.717, 1.165) is 28.1 Å². The van der Waals surface area contributed by atoms with Crippen LogP contribution in [0.25, 0.3) is 5.69 Å². The maximum atomic E-state index is 12.9. The van der Waals surface area contributed by atoms with E-state index in [9.17, 15) is 4.79 Å². The molecular formula is C25H22N6O. The second kappa shape index (κ2) is 8.74. The van der Waals surface area contributed by atoms with Crippen LogP contribution in [0.2, 0.25) is 0 Å². The lowest BCUT2D eigenvalue weighted by molar-refractivity contribution is 0.102. The van der Waals surface area contributed by atoms with Crippen molar-refractivity contribution in [1.29, 1.82) is 0 Å². The van der Waals surface area contributed by atoms with Gasteiger partial charge >= 0.3 is 0 Å². The highest BCUT2D eigenvalue weighted by atomic mass is 16.1. The smallest absolute Gasteiger partial charge is 0.255 e. The number of nitrogen functional groups attached to an aromatic ring is 1. The number of carbonyl (C=O) groups excluding carboxylic acids is 1. The number of hydrogen-bond donors (Lipinski definition) is 2. The molecule has 0 unspecified atom stereocenters. The third kappa shape index (κ3) is 4.82. The maximum Gasteiger partial charge on any atom is 0.255 e. The number of hydrogen-bond acceptors (Lipinski definition) is 5. The fourth-order valence-corrected chi connectivity index (χ4v) is 3.19. The lowest BCUT2D eigenvalue weighted by atomic mass is 10.0. The highest BCUT2D eigenvalue weighted by Gasteiger charge is 2.10. The van der Waals surface area contributed by atoms with E-state index in [1.807, 2.05) is 55.8 Å². The first-order valence-electron chi connectivity index (χ1n) is 10.0. The van der Waals surface area contributed by atoms with Gasteiger partial charge in [-0.2, -0.15) is 0 Å². The zero-order chi connectivity index (χ0) is 22.7. The number of rotatable bonds is 3. The van der Waals surface area contributed by atoms with Crippen molar-refractivity contribution >= 4 is 17.5 Å². The molecule has 0 aliphatic rings. The number of benzene rings is 2. The van der Waals surface area contributed by atoms with Gasteiger partial charge in [-0.1, -0.05) is 17.9 Å². The van der Waals surface area contributed by atoms with Crippen LogP contribution in [-0.2, 0) is 0 Å². The van der Waals surface area contributed by atoms with Gasteiger partial charge < -0.3 is 15.6 Å². The second-order valence-electron chi connectivity index (χ2n) is 7.54. The van der Waals surface area contributed by atoms with E-state index >= 15 is 0 Å². The molecule has 7 nitrogen and oxygen atoms in total. The molecule has 1 amide bonds. The highest BCUT2D eigenvalue weighted by Crippen LogP contribution is 2.20. The summed E-state index contributed by atoms with van der Waals surface area (Å²) < 4.78 is 1.93. The molecule has 4 aromatic rings. The van der Waals surface area contributed by atoms with Crippen LogP contribution < -0.4 is 11.1 Å². The topological polar surface area (TPSA) is 98.7 Å². The number of carbonyl (C=O) groups is 1. The Bertz CT molecular complexity index is 1360. The van der Waals surface area contributed by atoms with Gasteiger partial charge in [0.1, 0.15) is 0 Å². The summed E-state index contributed by atoms with van der Waals surface area (Å²) in [6.07, 6.45) is 6.83. The third-order valence-electron chi connectivity index (χ3n) is 4.84. The molecule has 0 spiro atoms. The van der Waals surface area contributed by atoms with Crippen molar-refractivity contribution in [3.8, 4) is 17.5 Å². The van der Waals surface area contributed by atoms with Gasteiger partial charge in [-0.25, -0.2) is 15.0 Å². The molecular weight excluding hydrogens is 400 g/mol. The molecule has 0 atom stereocenters. The van der Waals surface area contributed by atoms with Crippen molar-refractivity contribution in [2.45, 2.75) is 20.8 Å². The summed E-state index contributed by atoms with van der Waals surface area (Å²) in [6, 6.07) is 11.3. The number of aryl methyl sites for hydroxylation is 3. The Labute approximate surface area is 186 Å². The molecule has 2 aromatic carbocycles. The van der Waals surface area contributed by atoms with Crippen LogP contribution in [0.4, 0.5) is 11.6 Å². The van der Waals surface area contributed by atoms with E-state index < -0.39 is 0 Å². The van der Waals surface area contributed by atoms with Crippen molar-refractivity contribution in [2.24, 2.45) is 0 Å². The first kappa shape index (κ1) is 20.8. The normalized spacial score (nSPS) is 10.3. The predicted molar refractivity (Wildman–Crippen MR) is 125 cm³/mol. The van der Waals surface area contributed by atoms with E-state index in [1.165, 1.54) is 0 Å². The van der Waals surface area contributed by atoms with Gasteiger partial charge in [-0.15, -0.1) is 0 Å². The summed E-state index contributed by atoms with van der Waals surface area (Å²) in [4.78, 5) is 25.1. The zero-order valence-electron chi connectivity index (χ0n) is 18.0. The van der Waals surface area contributed by atoms with Crippen LogP contribution >= 0.6 is 0 Å². The van der Waals surface area contributed by atoms with Gasteiger partial charge in [0, 0.05) is 41.1 Å². The van der Waals surface area contributed by atoms with Gasteiger partial charge in [0.15, 0.2) is 0 Å². The average molecular weight is 422 g/mol. The third-order valence-corrected chi connectivity index (χ3v) is 4.84. The van der Waals surface area contributed by atoms with Gasteiger partial charge in [0.25, 0.3) is 5.91 Å². The lowest BCUT2D eigenvalue weighted by Crippen LogP contribution is -2.12. The maximum absolute atomic E-state index is 12.9. The summed E-state index contributed by atoms with van der Waals surface area (Å²) in [6.45, 7) is 5.88. The molecule has 32 heavy (non-hydrogen) atoms. The number of aromatic nitrogens is 4. The minimum atomic E-state index is -0.206. The Kier molecular flexibility index (Phi) is 5.69. The summed E-state index contributed by atoms with van der Waals surface area (Å²) in [5.74, 6) is 6.09. The fraction of sp³-hybridized carbons (Fsp3) is 0.120. The summed E-state index contributed by atoms with van der Waals surface area (Å²) in [7, 11) is 0. The fourth-order valence-electron chi connectivity index (χ4n) is 3.19. The Morgan fingerprint density at radius 3 is 2.50 bits per heavy atom. The predicted octanol–water partition coefficient (Wildman–Crippen LogP) is 3.82. The molecule has 0 aliphatic carbocycles. The molecule has 4 rings (SSSR count). The molecule has 0 saturated heterocycles. The molecule has 2 heterocycles. The molecule has 0 bridgehead atoms. The monoisotopic (exact) mass is 422 g/mol. The van der Waals surface area contributed by atoms with E-state index in [1.54, 1.807) is 30.9 Å². The van der Waals surface area contributed by atoms with Crippen LogP contribution in [-0.4, -0.2) is 25.4 Å². The van der Waals surface area contributed by atoms with Crippen LogP contribution in [0.3, 0.4) is 0 Å². The zero-order valence-corrected chi connectivity index (χ0v) is 18.0. The quantitative estimate of drug-likeness (QED) is 0.489. The summed E-state index contributed by atoms with van der Waals surface area (Å²) in [5, 5.41) is 2.99. The number of imidazole rings is 1. The van der Waals surface area contributed by atoms with Crippen LogP contribution in [0.1, 0.15) is 38.3 Å². The van der Waals surface area contributed by atoms with Crippen molar-refractivity contribution in [1.82, 2.24) is 19.5 Å². The average Bonchev–Trinajstić information content (AvgIpc) is 3.20. The Hall–Kier alpha value is -4.44. The SMILES string of the molecule is Cc1cc(NC(=O)c2ccc(C)c(C#Cc3cnc(N)nc3)c2)cc(-n2cnc(C)c2)c1. The largest absolute Gasteiger partial charge is 0.368 e. The number of nitrogens with zero attached hydrogens (tertiary/aromatic N) is 4. The molecule has 7 heteroatoms. The number of amides is 1. The summed E-state index contributed by atoms with van der Waals surface area (Å²) >= 11 is 0. The van der Waals surface area contributed by atoms with Gasteiger partial charge in [-0.3, -0.25) is 4.79 Å². The molecule has 0 aliphatic heterocycles. The number of nitrogens with two attached hydrogens (primary N) is 1. The van der Waals surface area contributed by atoms with Crippen LogP contribution in [0.15, 0.2) is 61.3 Å². The molecule has 0 fully saturated rings. The first-order valence-corrected chi connectivity index (χ1v) is 10.0. The van der Waals surface area contributed by atoms with Gasteiger partial charge in [0.2, 0.25) is 5.95 Å². The van der Waals surface area contributed by atoms with Gasteiger partial charge in [0.05, 0.1) is 17.6 Å². The van der Waals surface area contributed by atoms with Crippen LogP contribution in [0.5, 0.6) is 0 Å². The molecule has 2 aromatic heterocycles. The molecule has 158 valence electrons. The van der Waals surface area contributed by atoms with E-state index in [4.69, 9.17) is 5.73 Å².